The fourth-order valence-electron chi connectivity index (χ4n) is 0.343. The molecule has 0 unspecified atom stereocenters. The molecule has 0 aromatic heterocycles. The molecule has 4 nitrogen and oxygen atoms in total. The summed E-state index contributed by atoms with van der Waals surface area (Å²) in [4.78, 5) is 10.4. The number of hydrogen-bond donors (Lipinski definition) is 3. The standard InChI is InChI=1S/C6H11NO.C2H8N2/c1-4-6(8)7-5(2)3;3-1-2-4/h4-5H,1H2,2-3H3,(H,7,8);1-4H2. The molecule has 0 bridgehead atoms. The summed E-state index contributed by atoms with van der Waals surface area (Å²) in [6.45, 7) is 8.30. The van der Waals surface area contributed by atoms with Gasteiger partial charge in [0.25, 0.3) is 0 Å². The number of carbonyl (C=O) groups excluding carboxylic acids is 1. The summed E-state index contributed by atoms with van der Waals surface area (Å²) in [5.74, 6) is -0.111. The summed E-state index contributed by atoms with van der Waals surface area (Å²) in [5, 5.41) is 2.64. The Balaban J connectivity index is 0. The van der Waals surface area contributed by atoms with E-state index >= 15 is 0 Å². The Hall–Kier alpha value is -0.870. The minimum atomic E-state index is -0.111. The average molecular weight is 173 g/mol. The van der Waals surface area contributed by atoms with E-state index in [-0.39, 0.29) is 11.9 Å². The highest BCUT2D eigenvalue weighted by Crippen LogP contribution is 1.75. The molecule has 0 spiro atoms. The first-order chi connectivity index (χ1) is 5.58. The van der Waals surface area contributed by atoms with Crippen molar-refractivity contribution in [3.63, 3.8) is 0 Å². The molecular weight excluding hydrogens is 154 g/mol. The van der Waals surface area contributed by atoms with Gasteiger partial charge in [-0.05, 0) is 19.9 Å². The molecule has 4 heteroatoms. The Kier molecular flexibility index (Phi) is 11.6. The average Bonchev–Trinajstić information content (AvgIpc) is 2.04. The summed E-state index contributed by atoms with van der Waals surface area (Å²) >= 11 is 0. The van der Waals surface area contributed by atoms with Gasteiger partial charge in [0.05, 0.1) is 0 Å². The van der Waals surface area contributed by atoms with Crippen molar-refractivity contribution < 1.29 is 4.79 Å². The van der Waals surface area contributed by atoms with Crippen LogP contribution >= 0.6 is 0 Å². The Morgan fingerprint density at radius 1 is 1.50 bits per heavy atom. The molecule has 72 valence electrons. The third-order valence-corrected chi connectivity index (χ3v) is 0.783. The maximum Gasteiger partial charge on any atom is 0.243 e. The van der Waals surface area contributed by atoms with E-state index in [1.165, 1.54) is 6.08 Å². The molecular formula is C8H19N3O. The van der Waals surface area contributed by atoms with Crippen molar-refractivity contribution in [2.75, 3.05) is 13.1 Å². The lowest BCUT2D eigenvalue weighted by Gasteiger charge is -2.02. The first-order valence-corrected chi connectivity index (χ1v) is 3.91. The van der Waals surface area contributed by atoms with E-state index in [0.717, 1.165) is 0 Å². The molecule has 0 heterocycles. The largest absolute Gasteiger partial charge is 0.350 e. The first kappa shape index (κ1) is 13.7. The molecule has 5 N–H and O–H groups in total. The summed E-state index contributed by atoms with van der Waals surface area (Å²) in [6, 6.07) is 0.209. The van der Waals surface area contributed by atoms with Gasteiger partial charge in [-0.3, -0.25) is 4.79 Å². The second-order valence-corrected chi connectivity index (χ2v) is 2.44. The monoisotopic (exact) mass is 173 g/mol. The lowest BCUT2D eigenvalue weighted by molar-refractivity contribution is -0.116. The van der Waals surface area contributed by atoms with Gasteiger partial charge >= 0.3 is 0 Å². The number of carbonyl (C=O) groups is 1. The maximum atomic E-state index is 10.4. The molecule has 12 heavy (non-hydrogen) atoms. The molecule has 0 saturated heterocycles. The van der Waals surface area contributed by atoms with Crippen LogP contribution in [0.2, 0.25) is 0 Å². The normalized spacial score (nSPS) is 8.42. The van der Waals surface area contributed by atoms with E-state index in [0.29, 0.717) is 13.1 Å². The number of hydrogen-bond acceptors (Lipinski definition) is 3. The Labute approximate surface area is 74.0 Å². The predicted octanol–water partition coefficient (Wildman–Crippen LogP) is -0.399. The van der Waals surface area contributed by atoms with Crippen LogP contribution in [0.1, 0.15) is 13.8 Å². The first-order valence-electron chi connectivity index (χ1n) is 3.91. The summed E-state index contributed by atoms with van der Waals surface area (Å²) in [5.41, 5.74) is 9.81. The Morgan fingerprint density at radius 3 is 2.00 bits per heavy atom. The van der Waals surface area contributed by atoms with E-state index < -0.39 is 0 Å². The maximum absolute atomic E-state index is 10.4. The van der Waals surface area contributed by atoms with Gasteiger partial charge in [-0.1, -0.05) is 6.58 Å². The van der Waals surface area contributed by atoms with Crippen molar-refractivity contribution in [3.05, 3.63) is 12.7 Å². The zero-order chi connectivity index (χ0) is 9.98. The van der Waals surface area contributed by atoms with Gasteiger partial charge in [-0.25, -0.2) is 0 Å². The van der Waals surface area contributed by atoms with Crippen molar-refractivity contribution in [1.82, 2.24) is 5.32 Å². The highest BCUT2D eigenvalue weighted by atomic mass is 16.1. The lowest BCUT2D eigenvalue weighted by atomic mass is 10.4. The fraction of sp³-hybridized carbons (Fsp3) is 0.625. The Bertz CT molecular complexity index is 121. The second-order valence-electron chi connectivity index (χ2n) is 2.44. The minimum Gasteiger partial charge on any atom is -0.350 e. The Morgan fingerprint density at radius 2 is 1.92 bits per heavy atom. The van der Waals surface area contributed by atoms with Crippen molar-refractivity contribution >= 4 is 5.91 Å². The van der Waals surface area contributed by atoms with Crippen molar-refractivity contribution in [2.24, 2.45) is 11.5 Å². The van der Waals surface area contributed by atoms with Gasteiger partial charge in [0.2, 0.25) is 5.91 Å². The molecule has 1 amide bonds. The number of rotatable bonds is 3. The van der Waals surface area contributed by atoms with Crippen molar-refractivity contribution in [1.29, 1.82) is 0 Å². The van der Waals surface area contributed by atoms with Gasteiger partial charge in [-0.15, -0.1) is 0 Å². The van der Waals surface area contributed by atoms with Crippen LogP contribution in [0.3, 0.4) is 0 Å². The van der Waals surface area contributed by atoms with Crippen molar-refractivity contribution in [3.8, 4) is 0 Å². The van der Waals surface area contributed by atoms with Crippen LogP contribution in [0, 0.1) is 0 Å². The van der Waals surface area contributed by atoms with Crippen LogP contribution in [0.5, 0.6) is 0 Å². The quantitative estimate of drug-likeness (QED) is 0.508. The van der Waals surface area contributed by atoms with E-state index in [2.05, 4.69) is 11.9 Å². The van der Waals surface area contributed by atoms with Crippen molar-refractivity contribution in [2.45, 2.75) is 19.9 Å². The third-order valence-electron chi connectivity index (χ3n) is 0.783. The molecule has 0 saturated carbocycles. The van der Waals surface area contributed by atoms with E-state index in [1.807, 2.05) is 13.8 Å². The number of amides is 1. The third kappa shape index (κ3) is 16.1. The highest BCUT2D eigenvalue weighted by molar-refractivity contribution is 5.86. The van der Waals surface area contributed by atoms with E-state index in [1.54, 1.807) is 0 Å². The molecule has 0 aliphatic heterocycles. The fourth-order valence-corrected chi connectivity index (χ4v) is 0.343. The van der Waals surface area contributed by atoms with Gasteiger partial charge < -0.3 is 16.8 Å². The van der Waals surface area contributed by atoms with Crippen LogP contribution in [0.4, 0.5) is 0 Å². The molecule has 0 aliphatic rings. The molecule has 0 fully saturated rings. The van der Waals surface area contributed by atoms with Crippen LogP contribution in [-0.4, -0.2) is 25.0 Å². The zero-order valence-electron chi connectivity index (χ0n) is 7.84. The molecule has 0 aromatic rings. The molecule has 0 aliphatic carbocycles. The molecule has 0 atom stereocenters. The SMILES string of the molecule is C=CC(=O)NC(C)C.NCCN. The number of nitrogens with two attached hydrogens (primary N) is 2. The zero-order valence-corrected chi connectivity index (χ0v) is 7.84. The highest BCUT2D eigenvalue weighted by Gasteiger charge is 1.93. The lowest BCUT2D eigenvalue weighted by Crippen LogP contribution is -2.27. The van der Waals surface area contributed by atoms with Gasteiger partial charge in [0, 0.05) is 19.1 Å². The topological polar surface area (TPSA) is 81.1 Å². The summed E-state index contributed by atoms with van der Waals surface area (Å²) in [6.07, 6.45) is 1.26. The molecule has 0 aromatic carbocycles. The number of nitrogens with one attached hydrogen (secondary N) is 1. The predicted molar refractivity (Wildman–Crippen MR) is 51.6 cm³/mol. The summed E-state index contributed by atoms with van der Waals surface area (Å²) < 4.78 is 0. The van der Waals surface area contributed by atoms with E-state index in [4.69, 9.17) is 11.5 Å². The minimum absolute atomic E-state index is 0.111. The van der Waals surface area contributed by atoms with Crippen LogP contribution in [-0.2, 0) is 4.79 Å². The van der Waals surface area contributed by atoms with E-state index in [9.17, 15) is 4.79 Å². The van der Waals surface area contributed by atoms with Crippen LogP contribution in [0.25, 0.3) is 0 Å². The van der Waals surface area contributed by atoms with Gasteiger partial charge in [-0.2, -0.15) is 0 Å². The van der Waals surface area contributed by atoms with Gasteiger partial charge in [0.1, 0.15) is 0 Å². The smallest absolute Gasteiger partial charge is 0.243 e. The van der Waals surface area contributed by atoms with Gasteiger partial charge in [0.15, 0.2) is 0 Å². The molecule has 0 rings (SSSR count). The molecule has 0 radical (unpaired) electrons. The van der Waals surface area contributed by atoms with Crippen LogP contribution < -0.4 is 16.8 Å². The summed E-state index contributed by atoms with van der Waals surface area (Å²) in [7, 11) is 0. The second kappa shape index (κ2) is 10.1. The van der Waals surface area contributed by atoms with Crippen LogP contribution in [0.15, 0.2) is 12.7 Å².